The number of benzene rings is 1. The zero-order valence-corrected chi connectivity index (χ0v) is 18.2. The Morgan fingerprint density at radius 3 is 2.61 bits per heavy atom. The fourth-order valence-corrected chi connectivity index (χ4v) is 4.31. The molecule has 33 heavy (non-hydrogen) atoms. The molecule has 1 fully saturated rings. The predicted octanol–water partition coefficient (Wildman–Crippen LogP) is 4.51. The average molecular weight is 445 g/mol. The van der Waals surface area contributed by atoms with Gasteiger partial charge in [0.15, 0.2) is 0 Å². The number of fused-ring (bicyclic) bond motifs is 1. The number of carbonyl (C=O) groups excluding carboxylic acids is 1. The average Bonchev–Trinajstić information content (AvgIpc) is 3.28. The van der Waals surface area contributed by atoms with E-state index in [9.17, 15) is 9.18 Å². The van der Waals surface area contributed by atoms with E-state index in [-0.39, 0.29) is 11.7 Å². The second kappa shape index (κ2) is 9.36. The van der Waals surface area contributed by atoms with E-state index in [4.69, 9.17) is 0 Å². The lowest BCUT2D eigenvalue weighted by Crippen LogP contribution is -2.38. The molecule has 4 heterocycles. The van der Waals surface area contributed by atoms with Crippen molar-refractivity contribution in [1.82, 2.24) is 24.6 Å². The van der Waals surface area contributed by atoms with Crippen molar-refractivity contribution in [2.24, 2.45) is 0 Å². The van der Waals surface area contributed by atoms with Crippen molar-refractivity contribution in [1.29, 1.82) is 0 Å². The van der Waals surface area contributed by atoms with E-state index < -0.39 is 0 Å². The van der Waals surface area contributed by atoms with Gasteiger partial charge in [-0.05, 0) is 43.2 Å². The maximum absolute atomic E-state index is 13.0. The molecule has 0 atom stereocenters. The van der Waals surface area contributed by atoms with E-state index in [0.717, 1.165) is 48.2 Å². The molecular formula is C25H25FN6O. The summed E-state index contributed by atoms with van der Waals surface area (Å²) in [5.41, 5.74) is 2.89. The zero-order chi connectivity index (χ0) is 22.6. The van der Waals surface area contributed by atoms with Gasteiger partial charge in [0.05, 0.1) is 36.3 Å². The minimum Gasteiger partial charge on any atom is -0.343 e. The summed E-state index contributed by atoms with van der Waals surface area (Å²) in [6, 6.07) is 15.0. The predicted molar refractivity (Wildman–Crippen MR) is 125 cm³/mol. The number of hydrogen-bond acceptors (Lipinski definition) is 5. The van der Waals surface area contributed by atoms with Crippen LogP contribution in [0.25, 0.3) is 10.9 Å². The zero-order valence-electron chi connectivity index (χ0n) is 18.2. The first-order valence-electron chi connectivity index (χ1n) is 11.2. The summed E-state index contributed by atoms with van der Waals surface area (Å²) in [4.78, 5) is 23.3. The minimum atomic E-state index is -0.367. The third kappa shape index (κ3) is 4.84. The van der Waals surface area contributed by atoms with Gasteiger partial charge in [0.2, 0.25) is 5.91 Å². The highest BCUT2D eigenvalue weighted by Gasteiger charge is 2.24. The van der Waals surface area contributed by atoms with Crippen molar-refractivity contribution in [2.45, 2.75) is 31.7 Å². The Bertz CT molecular complexity index is 1230. The summed E-state index contributed by atoms with van der Waals surface area (Å²) < 4.78 is 14.9. The number of amides is 1. The summed E-state index contributed by atoms with van der Waals surface area (Å²) in [7, 11) is 0. The van der Waals surface area contributed by atoms with Crippen molar-refractivity contribution in [3.05, 3.63) is 78.6 Å². The second-order valence-electron chi connectivity index (χ2n) is 8.29. The molecule has 1 saturated heterocycles. The third-order valence-electron chi connectivity index (χ3n) is 6.14. The number of hydrogen-bond donors (Lipinski definition) is 1. The highest BCUT2D eigenvalue weighted by Crippen LogP contribution is 2.28. The summed E-state index contributed by atoms with van der Waals surface area (Å²) >= 11 is 0. The van der Waals surface area contributed by atoms with E-state index in [1.807, 2.05) is 52.2 Å². The van der Waals surface area contributed by atoms with Crippen LogP contribution in [0.3, 0.4) is 0 Å². The van der Waals surface area contributed by atoms with Crippen molar-refractivity contribution < 1.29 is 9.18 Å². The standard InChI is InChI=1S/C25H25FN6O/c26-20-5-8-24(28-16-20)30-21-6-7-22(27-17-21)18-9-12-31(13-10-18)25(33)11-14-32-23-4-2-1-3-19(23)15-29-32/h1-8,15-18H,9-14H2,(H,28,30). The SMILES string of the molecule is O=C(CCn1ncc2ccccc21)N1CCC(c2ccc(Nc3ccc(F)cn3)cn2)CC1. The van der Waals surface area contributed by atoms with Gasteiger partial charge in [-0.2, -0.15) is 5.10 Å². The normalized spacial score (nSPS) is 14.5. The number of halogens is 1. The Kier molecular flexibility index (Phi) is 5.97. The number of likely N-dealkylation sites (tertiary alicyclic amines) is 1. The van der Waals surface area contributed by atoms with E-state index in [0.29, 0.717) is 24.7 Å². The Labute approximate surface area is 191 Å². The molecule has 0 bridgehead atoms. The van der Waals surface area contributed by atoms with Gasteiger partial charge >= 0.3 is 0 Å². The molecule has 0 spiro atoms. The van der Waals surface area contributed by atoms with Gasteiger partial charge in [-0.3, -0.25) is 14.5 Å². The van der Waals surface area contributed by atoms with Crippen molar-refractivity contribution >= 4 is 28.3 Å². The fourth-order valence-electron chi connectivity index (χ4n) is 4.31. The first kappa shape index (κ1) is 21.1. The summed E-state index contributed by atoms with van der Waals surface area (Å²) in [6.45, 7) is 2.07. The number of pyridine rings is 2. The van der Waals surface area contributed by atoms with Crippen LogP contribution < -0.4 is 5.32 Å². The van der Waals surface area contributed by atoms with Crippen LogP contribution in [-0.2, 0) is 11.3 Å². The highest BCUT2D eigenvalue weighted by molar-refractivity contribution is 5.79. The largest absolute Gasteiger partial charge is 0.343 e. The molecule has 1 aliphatic heterocycles. The molecule has 4 aromatic rings. The van der Waals surface area contributed by atoms with Gasteiger partial charge in [0.25, 0.3) is 0 Å². The monoisotopic (exact) mass is 444 g/mol. The molecule has 7 nitrogen and oxygen atoms in total. The van der Waals surface area contributed by atoms with E-state index in [1.165, 1.54) is 12.3 Å². The van der Waals surface area contributed by atoms with Crippen LogP contribution in [-0.4, -0.2) is 43.6 Å². The third-order valence-corrected chi connectivity index (χ3v) is 6.14. The number of rotatable bonds is 6. The number of anilines is 2. The highest BCUT2D eigenvalue weighted by atomic mass is 19.1. The van der Waals surface area contributed by atoms with Gasteiger partial charge in [-0.1, -0.05) is 18.2 Å². The molecule has 5 rings (SSSR count). The molecule has 8 heteroatoms. The van der Waals surface area contributed by atoms with Gasteiger partial charge in [-0.15, -0.1) is 0 Å². The van der Waals surface area contributed by atoms with Crippen LogP contribution in [0, 0.1) is 5.82 Å². The van der Waals surface area contributed by atoms with Gasteiger partial charge in [0.1, 0.15) is 11.6 Å². The lowest BCUT2D eigenvalue weighted by Gasteiger charge is -2.32. The second-order valence-corrected chi connectivity index (χ2v) is 8.29. The topological polar surface area (TPSA) is 75.9 Å². The lowest BCUT2D eigenvalue weighted by molar-refractivity contribution is -0.132. The number of nitrogens with one attached hydrogen (secondary N) is 1. The Hall–Kier alpha value is -3.81. The van der Waals surface area contributed by atoms with Crippen molar-refractivity contribution in [3.8, 4) is 0 Å². The van der Waals surface area contributed by atoms with Crippen LogP contribution in [0.5, 0.6) is 0 Å². The van der Waals surface area contributed by atoms with Crippen molar-refractivity contribution in [2.75, 3.05) is 18.4 Å². The van der Waals surface area contributed by atoms with Crippen LogP contribution in [0.15, 0.2) is 67.1 Å². The van der Waals surface area contributed by atoms with E-state index in [1.54, 1.807) is 12.3 Å². The van der Waals surface area contributed by atoms with Gasteiger partial charge in [0, 0.05) is 36.5 Å². The first-order chi connectivity index (χ1) is 16.2. The van der Waals surface area contributed by atoms with E-state index >= 15 is 0 Å². The lowest BCUT2D eigenvalue weighted by atomic mass is 9.93. The Balaban J connectivity index is 1.12. The van der Waals surface area contributed by atoms with Crippen LogP contribution in [0.1, 0.15) is 30.9 Å². The maximum atomic E-state index is 13.0. The van der Waals surface area contributed by atoms with Crippen LogP contribution in [0.2, 0.25) is 0 Å². The van der Waals surface area contributed by atoms with Crippen LogP contribution >= 0.6 is 0 Å². The minimum absolute atomic E-state index is 0.173. The maximum Gasteiger partial charge on any atom is 0.224 e. The molecule has 0 radical (unpaired) electrons. The van der Waals surface area contributed by atoms with Gasteiger partial charge in [-0.25, -0.2) is 9.37 Å². The molecule has 0 unspecified atom stereocenters. The van der Waals surface area contributed by atoms with Crippen molar-refractivity contribution in [3.63, 3.8) is 0 Å². The Morgan fingerprint density at radius 2 is 1.85 bits per heavy atom. The first-order valence-corrected chi connectivity index (χ1v) is 11.2. The van der Waals surface area contributed by atoms with E-state index in [2.05, 4.69) is 20.4 Å². The summed E-state index contributed by atoms with van der Waals surface area (Å²) in [5.74, 6) is 0.712. The number of piperidine rings is 1. The molecule has 3 aromatic heterocycles. The summed E-state index contributed by atoms with van der Waals surface area (Å²) in [6.07, 6.45) is 7.04. The summed E-state index contributed by atoms with van der Waals surface area (Å²) in [5, 5.41) is 8.62. The molecular weight excluding hydrogens is 419 g/mol. The molecule has 1 aromatic carbocycles. The van der Waals surface area contributed by atoms with Gasteiger partial charge < -0.3 is 10.2 Å². The fraction of sp³-hybridized carbons (Fsp3) is 0.280. The molecule has 168 valence electrons. The quantitative estimate of drug-likeness (QED) is 0.474. The number of aromatic nitrogens is 4. The molecule has 1 N–H and O–H groups in total. The number of nitrogens with zero attached hydrogens (tertiary/aromatic N) is 5. The molecule has 1 amide bonds. The molecule has 1 aliphatic rings. The molecule has 0 saturated carbocycles. The molecule has 0 aliphatic carbocycles. The number of para-hydroxylation sites is 1. The smallest absolute Gasteiger partial charge is 0.224 e. The Morgan fingerprint density at radius 1 is 1.00 bits per heavy atom. The number of aryl methyl sites for hydroxylation is 1. The van der Waals surface area contributed by atoms with Crippen LogP contribution in [0.4, 0.5) is 15.9 Å². The number of carbonyl (C=O) groups is 1.